The summed E-state index contributed by atoms with van der Waals surface area (Å²) in [7, 11) is 0. The van der Waals surface area contributed by atoms with Crippen molar-refractivity contribution in [2.45, 2.75) is 39.0 Å². The van der Waals surface area contributed by atoms with Crippen LogP contribution in [0.5, 0.6) is 5.75 Å². The maximum absolute atomic E-state index is 11.9. The smallest absolute Gasteiger partial charge is 0.389 e. The van der Waals surface area contributed by atoms with Gasteiger partial charge in [0.1, 0.15) is 18.5 Å². The highest BCUT2D eigenvalue weighted by Crippen LogP contribution is 2.20. The average Bonchev–Trinajstić information content (AvgIpc) is 2.36. The van der Waals surface area contributed by atoms with Crippen LogP contribution in [0.1, 0.15) is 24.0 Å². The lowest BCUT2D eigenvalue weighted by Crippen LogP contribution is -2.32. The van der Waals surface area contributed by atoms with Crippen molar-refractivity contribution < 1.29 is 23.0 Å². The Morgan fingerprint density at radius 3 is 2.62 bits per heavy atom. The van der Waals surface area contributed by atoms with Gasteiger partial charge < -0.3 is 15.2 Å². The third-order valence-electron chi connectivity index (χ3n) is 2.96. The van der Waals surface area contributed by atoms with Gasteiger partial charge in [-0.3, -0.25) is 0 Å². The summed E-state index contributed by atoms with van der Waals surface area (Å²) in [5.74, 6) is 0.705. The fourth-order valence-corrected chi connectivity index (χ4v) is 1.89. The van der Waals surface area contributed by atoms with E-state index >= 15 is 0 Å². The van der Waals surface area contributed by atoms with E-state index in [4.69, 9.17) is 4.74 Å². The van der Waals surface area contributed by atoms with Crippen molar-refractivity contribution in [3.63, 3.8) is 0 Å². The van der Waals surface area contributed by atoms with E-state index < -0.39 is 18.7 Å². The molecule has 2 N–H and O–H groups in total. The number of benzene rings is 1. The third-order valence-corrected chi connectivity index (χ3v) is 2.96. The highest BCUT2D eigenvalue weighted by Gasteiger charge is 2.25. The van der Waals surface area contributed by atoms with E-state index in [9.17, 15) is 18.3 Å². The summed E-state index contributed by atoms with van der Waals surface area (Å²) in [5.41, 5.74) is 2.12. The Bertz CT molecular complexity index is 435. The first kappa shape index (κ1) is 17.8. The molecular formula is C15H22F3NO2. The average molecular weight is 305 g/mol. The maximum atomic E-state index is 11.9. The second-order valence-electron chi connectivity index (χ2n) is 5.16. The zero-order chi connectivity index (χ0) is 15.9. The lowest BCUT2D eigenvalue weighted by molar-refractivity contribution is -0.135. The lowest BCUT2D eigenvalue weighted by Gasteiger charge is -2.15. The van der Waals surface area contributed by atoms with Gasteiger partial charge in [0.05, 0.1) is 0 Å². The molecule has 0 spiro atoms. The van der Waals surface area contributed by atoms with Crippen molar-refractivity contribution in [1.29, 1.82) is 0 Å². The summed E-state index contributed by atoms with van der Waals surface area (Å²) in [6.07, 6.45) is -5.67. The molecule has 1 aromatic rings. The standard InChI is InChI=1S/C15H22F3NO2/c1-11-4-5-14(12(2)8-11)21-10-13(20)9-19-7-3-6-15(16,17)18/h4-5,8,13,19-20H,3,6-7,9-10H2,1-2H3. The van der Waals surface area contributed by atoms with Crippen LogP contribution in [0.15, 0.2) is 18.2 Å². The first-order valence-electron chi connectivity index (χ1n) is 6.93. The maximum Gasteiger partial charge on any atom is 0.389 e. The number of halogens is 3. The Balaban J connectivity index is 2.18. The minimum atomic E-state index is -4.12. The Labute approximate surface area is 123 Å². The van der Waals surface area contributed by atoms with Crippen LogP contribution in [-0.2, 0) is 0 Å². The van der Waals surface area contributed by atoms with Gasteiger partial charge in [-0.2, -0.15) is 13.2 Å². The molecule has 21 heavy (non-hydrogen) atoms. The minimum Gasteiger partial charge on any atom is -0.491 e. The van der Waals surface area contributed by atoms with E-state index in [0.29, 0.717) is 5.75 Å². The zero-order valence-electron chi connectivity index (χ0n) is 12.3. The van der Waals surface area contributed by atoms with Crippen LogP contribution in [0.4, 0.5) is 13.2 Å². The fourth-order valence-electron chi connectivity index (χ4n) is 1.89. The highest BCUT2D eigenvalue weighted by atomic mass is 19.4. The summed E-state index contributed by atoms with van der Waals surface area (Å²) >= 11 is 0. The third kappa shape index (κ3) is 7.92. The van der Waals surface area contributed by atoms with Gasteiger partial charge >= 0.3 is 6.18 Å². The van der Waals surface area contributed by atoms with Crippen molar-refractivity contribution in [2.75, 3.05) is 19.7 Å². The molecule has 0 radical (unpaired) electrons. The fraction of sp³-hybridized carbons (Fsp3) is 0.600. The minimum absolute atomic E-state index is 0.00808. The number of ether oxygens (including phenoxy) is 1. The summed E-state index contributed by atoms with van der Waals surface area (Å²) in [5, 5.41) is 12.5. The first-order chi connectivity index (χ1) is 9.78. The molecule has 120 valence electrons. The first-order valence-corrected chi connectivity index (χ1v) is 6.93. The van der Waals surface area contributed by atoms with Crippen LogP contribution >= 0.6 is 0 Å². The molecule has 0 saturated carbocycles. The summed E-state index contributed by atoms with van der Waals surface area (Å²) < 4.78 is 41.3. The molecule has 6 heteroatoms. The lowest BCUT2D eigenvalue weighted by atomic mass is 10.1. The molecular weight excluding hydrogens is 283 g/mol. The molecule has 0 amide bonds. The van der Waals surface area contributed by atoms with E-state index in [1.807, 2.05) is 32.0 Å². The van der Waals surface area contributed by atoms with Crippen LogP contribution in [0.2, 0.25) is 0 Å². The van der Waals surface area contributed by atoms with Gasteiger partial charge in [-0.1, -0.05) is 17.7 Å². The largest absolute Gasteiger partial charge is 0.491 e. The Hall–Kier alpha value is -1.27. The molecule has 0 aliphatic heterocycles. The number of hydrogen-bond donors (Lipinski definition) is 2. The van der Waals surface area contributed by atoms with Crippen molar-refractivity contribution in [3.8, 4) is 5.75 Å². The molecule has 0 aliphatic carbocycles. The van der Waals surface area contributed by atoms with Gasteiger partial charge in [0.15, 0.2) is 0 Å². The number of alkyl halides is 3. The van der Waals surface area contributed by atoms with E-state index in [1.54, 1.807) is 0 Å². The predicted molar refractivity (Wildman–Crippen MR) is 75.6 cm³/mol. The molecule has 1 atom stereocenters. The number of aryl methyl sites for hydroxylation is 2. The number of rotatable bonds is 8. The Morgan fingerprint density at radius 2 is 2.00 bits per heavy atom. The second kappa shape index (κ2) is 8.24. The number of aliphatic hydroxyl groups excluding tert-OH is 1. The van der Waals surface area contributed by atoms with Crippen LogP contribution in [0.3, 0.4) is 0 Å². The van der Waals surface area contributed by atoms with Gasteiger partial charge in [-0.15, -0.1) is 0 Å². The number of aliphatic hydroxyl groups is 1. The van der Waals surface area contributed by atoms with Crippen molar-refractivity contribution in [3.05, 3.63) is 29.3 Å². The molecule has 0 heterocycles. The van der Waals surface area contributed by atoms with Crippen LogP contribution < -0.4 is 10.1 Å². The van der Waals surface area contributed by atoms with E-state index in [0.717, 1.165) is 11.1 Å². The molecule has 1 rings (SSSR count). The SMILES string of the molecule is Cc1ccc(OCC(O)CNCCCC(F)(F)F)c(C)c1. The van der Waals surface area contributed by atoms with Crippen LogP contribution in [0, 0.1) is 13.8 Å². The molecule has 0 bridgehead atoms. The van der Waals surface area contributed by atoms with Gasteiger partial charge in [0.2, 0.25) is 0 Å². The Morgan fingerprint density at radius 1 is 1.29 bits per heavy atom. The Kier molecular flexibility index (Phi) is 6.98. The monoisotopic (exact) mass is 305 g/mol. The summed E-state index contributed by atoms with van der Waals surface area (Å²) in [6.45, 7) is 4.44. The van der Waals surface area contributed by atoms with Crippen LogP contribution in [-0.4, -0.2) is 37.1 Å². The topological polar surface area (TPSA) is 41.5 Å². The molecule has 3 nitrogen and oxygen atoms in total. The molecule has 1 unspecified atom stereocenters. The van der Waals surface area contributed by atoms with Gasteiger partial charge in [-0.05, 0) is 38.4 Å². The molecule has 0 aliphatic rings. The van der Waals surface area contributed by atoms with Gasteiger partial charge in [0.25, 0.3) is 0 Å². The molecule has 0 saturated heterocycles. The number of hydrogen-bond acceptors (Lipinski definition) is 3. The predicted octanol–water partition coefficient (Wildman–Crippen LogP) is 2.98. The molecule has 0 fully saturated rings. The zero-order valence-corrected chi connectivity index (χ0v) is 12.3. The normalized spacial score (nSPS) is 13.2. The van der Waals surface area contributed by atoms with E-state index in [2.05, 4.69) is 5.32 Å². The van der Waals surface area contributed by atoms with Gasteiger partial charge in [-0.25, -0.2) is 0 Å². The summed E-state index contributed by atoms with van der Waals surface area (Å²) in [6, 6.07) is 5.75. The molecule has 0 aromatic heterocycles. The van der Waals surface area contributed by atoms with Crippen molar-refractivity contribution in [2.24, 2.45) is 0 Å². The number of nitrogens with one attached hydrogen (secondary N) is 1. The summed E-state index contributed by atoms with van der Waals surface area (Å²) in [4.78, 5) is 0. The second-order valence-corrected chi connectivity index (χ2v) is 5.16. The van der Waals surface area contributed by atoms with E-state index in [1.165, 1.54) is 0 Å². The van der Waals surface area contributed by atoms with Crippen molar-refractivity contribution >= 4 is 0 Å². The quantitative estimate of drug-likeness (QED) is 0.726. The van der Waals surface area contributed by atoms with Crippen molar-refractivity contribution in [1.82, 2.24) is 5.32 Å². The van der Waals surface area contributed by atoms with Crippen LogP contribution in [0.25, 0.3) is 0 Å². The van der Waals surface area contributed by atoms with E-state index in [-0.39, 0.29) is 26.1 Å². The highest BCUT2D eigenvalue weighted by molar-refractivity contribution is 5.35. The van der Waals surface area contributed by atoms with Gasteiger partial charge in [0, 0.05) is 13.0 Å². The molecule has 1 aromatic carbocycles.